The van der Waals surface area contributed by atoms with Crippen molar-refractivity contribution in [2.45, 2.75) is 50.0 Å². The van der Waals surface area contributed by atoms with Gasteiger partial charge in [-0.3, -0.25) is 14.4 Å². The second kappa shape index (κ2) is 15.6. The Balaban J connectivity index is 5.15. The number of hydrogen-bond acceptors (Lipinski definition) is 9. The maximum Gasteiger partial charge on any atom is 0.326 e. The zero-order chi connectivity index (χ0) is 23.3. The Kier molecular flexibility index (Phi) is 15.0. The van der Waals surface area contributed by atoms with E-state index in [0.717, 1.165) is 0 Å². The van der Waals surface area contributed by atoms with Crippen molar-refractivity contribution in [2.24, 2.45) is 5.73 Å². The summed E-state index contributed by atoms with van der Waals surface area (Å²) in [4.78, 5) is 48.6. The number of carboxylic acids is 1. The lowest BCUT2D eigenvalue weighted by atomic mass is 10.1. The highest BCUT2D eigenvalue weighted by atomic mass is 32.2. The lowest BCUT2D eigenvalue weighted by molar-refractivity contribution is -0.142. The van der Waals surface area contributed by atoms with Gasteiger partial charge in [-0.2, -0.15) is 36.2 Å². The number of aliphatic hydroxyl groups excluding tert-OH is 1. The van der Waals surface area contributed by atoms with Crippen molar-refractivity contribution in [2.75, 3.05) is 29.8 Å². The number of nitrogens with two attached hydrogens (primary N) is 1. The molecule has 10 nitrogen and oxygen atoms in total. The fourth-order valence-corrected chi connectivity index (χ4v) is 3.42. The van der Waals surface area contributed by atoms with Crippen LogP contribution >= 0.6 is 36.2 Å². The van der Waals surface area contributed by atoms with Crippen molar-refractivity contribution in [1.82, 2.24) is 16.0 Å². The van der Waals surface area contributed by atoms with E-state index in [1.54, 1.807) is 0 Å². The molecule has 0 aliphatic heterocycles. The topological polar surface area (TPSA) is 171 Å². The average Bonchev–Trinajstić information content (AvgIpc) is 2.70. The first-order valence-electron chi connectivity index (χ1n) is 9.25. The number of aliphatic hydroxyl groups is 1. The highest BCUT2D eigenvalue weighted by Gasteiger charge is 2.30. The molecule has 0 aromatic heterocycles. The van der Waals surface area contributed by atoms with Crippen molar-refractivity contribution < 1.29 is 29.4 Å². The summed E-state index contributed by atoms with van der Waals surface area (Å²) in [5, 5.41) is 26.1. The van der Waals surface area contributed by atoms with Crippen LogP contribution in [-0.4, -0.2) is 93.9 Å². The Morgan fingerprint density at radius 1 is 0.900 bits per heavy atom. The number of nitrogens with one attached hydrogen (secondary N) is 3. The standard InChI is InChI=1S/C17H32N4O6S3/c1-9(22)13(18)16(25)19-10(4-6-29-2)14(23)21-12(8-28)15(24)20-11(17(26)27)5-7-30-3/h9-13,22,28H,4-8,18H2,1-3H3,(H,19,25)(H,20,24)(H,21,23)(H,26,27). The summed E-state index contributed by atoms with van der Waals surface area (Å²) in [5.74, 6) is -2.14. The minimum Gasteiger partial charge on any atom is -0.480 e. The van der Waals surface area contributed by atoms with E-state index in [4.69, 9.17) is 5.73 Å². The smallest absolute Gasteiger partial charge is 0.326 e. The minimum absolute atomic E-state index is 0.0666. The molecule has 7 N–H and O–H groups in total. The monoisotopic (exact) mass is 484 g/mol. The molecule has 0 aromatic rings. The van der Waals surface area contributed by atoms with Crippen molar-refractivity contribution in [3.05, 3.63) is 0 Å². The third kappa shape index (κ3) is 10.8. The highest BCUT2D eigenvalue weighted by Crippen LogP contribution is 2.05. The van der Waals surface area contributed by atoms with Crippen LogP contribution in [0.25, 0.3) is 0 Å². The molecule has 0 saturated carbocycles. The summed E-state index contributed by atoms with van der Waals surface area (Å²) >= 11 is 6.99. The zero-order valence-corrected chi connectivity index (χ0v) is 19.8. The van der Waals surface area contributed by atoms with Gasteiger partial charge in [-0.1, -0.05) is 0 Å². The van der Waals surface area contributed by atoms with Gasteiger partial charge in [0.1, 0.15) is 24.2 Å². The number of hydrogen-bond donors (Lipinski definition) is 7. The Labute approximate surface area is 190 Å². The molecule has 0 radical (unpaired) electrons. The van der Waals surface area contributed by atoms with Gasteiger partial charge in [-0.25, -0.2) is 4.79 Å². The first-order valence-corrected chi connectivity index (χ1v) is 12.7. The molecule has 0 heterocycles. The highest BCUT2D eigenvalue weighted by molar-refractivity contribution is 7.98. The molecule has 0 rings (SSSR count). The Morgan fingerprint density at radius 2 is 1.33 bits per heavy atom. The van der Waals surface area contributed by atoms with E-state index in [1.165, 1.54) is 30.4 Å². The third-order valence-electron chi connectivity index (χ3n) is 4.11. The summed E-state index contributed by atoms with van der Waals surface area (Å²) in [5.41, 5.74) is 5.60. The van der Waals surface area contributed by atoms with Crippen LogP contribution in [0, 0.1) is 0 Å². The lowest BCUT2D eigenvalue weighted by Gasteiger charge is -2.24. The summed E-state index contributed by atoms with van der Waals surface area (Å²) in [6.45, 7) is 1.36. The second-order valence-electron chi connectivity index (χ2n) is 6.53. The lowest BCUT2D eigenvalue weighted by Crippen LogP contribution is -2.58. The van der Waals surface area contributed by atoms with E-state index >= 15 is 0 Å². The molecule has 0 aromatic carbocycles. The molecule has 0 bridgehead atoms. The van der Waals surface area contributed by atoms with Gasteiger partial charge in [0.2, 0.25) is 17.7 Å². The maximum atomic E-state index is 12.7. The van der Waals surface area contributed by atoms with E-state index in [9.17, 15) is 29.4 Å². The van der Waals surface area contributed by atoms with Crippen molar-refractivity contribution in [1.29, 1.82) is 0 Å². The van der Waals surface area contributed by atoms with Crippen LogP contribution in [0.5, 0.6) is 0 Å². The molecule has 0 fully saturated rings. The van der Waals surface area contributed by atoms with Gasteiger partial charge in [-0.05, 0) is 43.8 Å². The molecule has 3 amide bonds. The van der Waals surface area contributed by atoms with Crippen LogP contribution in [0.2, 0.25) is 0 Å². The number of aliphatic carboxylic acids is 1. The molecule has 30 heavy (non-hydrogen) atoms. The van der Waals surface area contributed by atoms with Crippen molar-refractivity contribution in [3.8, 4) is 0 Å². The predicted molar refractivity (Wildman–Crippen MR) is 123 cm³/mol. The molecule has 0 spiro atoms. The van der Waals surface area contributed by atoms with Crippen LogP contribution < -0.4 is 21.7 Å². The second-order valence-corrected chi connectivity index (χ2v) is 8.87. The fraction of sp³-hybridized carbons (Fsp3) is 0.765. The largest absolute Gasteiger partial charge is 0.480 e. The molecule has 0 aliphatic rings. The molecule has 0 saturated heterocycles. The van der Waals surface area contributed by atoms with Crippen LogP contribution in [-0.2, 0) is 19.2 Å². The first kappa shape index (κ1) is 28.9. The van der Waals surface area contributed by atoms with Crippen LogP contribution in [0.15, 0.2) is 0 Å². The number of amides is 3. The van der Waals surface area contributed by atoms with E-state index in [1.807, 2.05) is 12.5 Å². The molecule has 5 atom stereocenters. The number of thioether (sulfide) groups is 2. The summed E-state index contributed by atoms with van der Waals surface area (Å²) in [6.07, 6.45) is 3.07. The molecular weight excluding hydrogens is 452 g/mol. The van der Waals surface area contributed by atoms with Gasteiger partial charge < -0.3 is 31.9 Å². The zero-order valence-electron chi connectivity index (χ0n) is 17.3. The quantitative estimate of drug-likeness (QED) is 0.139. The molecule has 174 valence electrons. The van der Waals surface area contributed by atoms with Crippen LogP contribution in [0.4, 0.5) is 0 Å². The van der Waals surface area contributed by atoms with Crippen molar-refractivity contribution >= 4 is 59.8 Å². The SMILES string of the molecule is CSCCC(NC(=O)C(CS)NC(=O)C(CCSC)NC(=O)C(N)C(C)O)C(=O)O. The van der Waals surface area contributed by atoms with Gasteiger partial charge >= 0.3 is 5.97 Å². The first-order chi connectivity index (χ1) is 14.1. The number of carbonyl (C=O) groups is 4. The van der Waals surface area contributed by atoms with Crippen LogP contribution in [0.1, 0.15) is 19.8 Å². The van der Waals surface area contributed by atoms with Crippen molar-refractivity contribution in [3.63, 3.8) is 0 Å². The van der Waals surface area contributed by atoms with Gasteiger partial charge in [0.05, 0.1) is 6.10 Å². The van der Waals surface area contributed by atoms with E-state index in [2.05, 4.69) is 28.6 Å². The fourth-order valence-electron chi connectivity index (χ4n) is 2.22. The van der Waals surface area contributed by atoms with E-state index in [-0.39, 0.29) is 18.6 Å². The Hall–Kier alpha value is -1.15. The van der Waals surface area contributed by atoms with Crippen LogP contribution in [0.3, 0.4) is 0 Å². The van der Waals surface area contributed by atoms with Gasteiger partial charge in [0.25, 0.3) is 0 Å². The predicted octanol–water partition coefficient (Wildman–Crippen LogP) is -1.33. The summed E-state index contributed by atoms with van der Waals surface area (Å²) in [7, 11) is 0. The average molecular weight is 485 g/mol. The Morgan fingerprint density at radius 3 is 1.77 bits per heavy atom. The number of carbonyl (C=O) groups excluding carboxylic acids is 3. The molecule has 0 aliphatic carbocycles. The molecular formula is C17H32N4O6S3. The van der Waals surface area contributed by atoms with Gasteiger partial charge in [0.15, 0.2) is 0 Å². The van der Waals surface area contributed by atoms with Gasteiger partial charge in [-0.15, -0.1) is 0 Å². The minimum atomic E-state index is -1.20. The Bertz CT molecular complexity index is 582. The normalized spacial score (nSPS) is 15.9. The summed E-state index contributed by atoms with van der Waals surface area (Å²) in [6, 6.07) is -4.35. The third-order valence-corrected chi connectivity index (χ3v) is 5.76. The number of rotatable bonds is 15. The number of carboxylic acid groups (broad SMARTS) is 1. The molecule has 5 unspecified atom stereocenters. The number of thiol groups is 1. The summed E-state index contributed by atoms with van der Waals surface area (Å²) < 4.78 is 0. The maximum absolute atomic E-state index is 12.7. The molecule has 13 heteroatoms. The van der Waals surface area contributed by atoms with Gasteiger partial charge in [0, 0.05) is 5.75 Å². The van der Waals surface area contributed by atoms with E-state index in [0.29, 0.717) is 11.5 Å². The van der Waals surface area contributed by atoms with E-state index < -0.39 is 54.0 Å².